The second-order valence-corrected chi connectivity index (χ2v) is 5.63. The number of piperidine rings is 1. The zero-order valence-corrected chi connectivity index (χ0v) is 10.9. The van der Waals surface area contributed by atoms with Gasteiger partial charge in [0.15, 0.2) is 0 Å². The number of hydrogen-bond donors (Lipinski definition) is 0. The highest BCUT2D eigenvalue weighted by Crippen LogP contribution is 2.34. The molecule has 1 fully saturated rings. The van der Waals surface area contributed by atoms with Gasteiger partial charge in [-0.2, -0.15) is 5.26 Å². The maximum atomic E-state index is 9.22. The van der Waals surface area contributed by atoms with Crippen LogP contribution < -0.4 is 0 Å². The lowest BCUT2D eigenvalue weighted by molar-refractivity contribution is 0.209. The van der Waals surface area contributed by atoms with Crippen LogP contribution in [-0.2, 0) is 6.54 Å². The second-order valence-electron chi connectivity index (χ2n) is 4.44. The Morgan fingerprint density at radius 2 is 2.06 bits per heavy atom. The predicted octanol–water partition coefficient (Wildman–Crippen LogP) is 2.30. The summed E-state index contributed by atoms with van der Waals surface area (Å²) in [4.78, 5) is 6.44. The van der Waals surface area contributed by atoms with Gasteiger partial charge < -0.3 is 0 Å². The van der Waals surface area contributed by atoms with Gasteiger partial charge >= 0.3 is 0 Å². The monoisotopic (exact) mass is 247 g/mol. The van der Waals surface area contributed by atoms with Crippen molar-refractivity contribution in [3.05, 3.63) is 30.1 Å². The first-order valence-electron chi connectivity index (χ1n) is 5.86. The first-order valence-corrected chi connectivity index (χ1v) is 7.08. The highest BCUT2D eigenvalue weighted by molar-refractivity contribution is 8.00. The molecule has 3 nitrogen and oxygen atoms in total. The molecule has 1 aliphatic rings. The quantitative estimate of drug-likeness (QED) is 0.821. The number of hydrogen-bond acceptors (Lipinski definition) is 4. The van der Waals surface area contributed by atoms with Crippen LogP contribution in [0.5, 0.6) is 0 Å². The Bertz CT molecular complexity index is 391. The third-order valence-corrected chi connectivity index (χ3v) is 4.69. The van der Waals surface area contributed by atoms with Gasteiger partial charge in [-0.1, -0.05) is 0 Å². The van der Waals surface area contributed by atoms with E-state index in [2.05, 4.69) is 28.1 Å². The molecule has 0 radical (unpaired) electrons. The van der Waals surface area contributed by atoms with Crippen LogP contribution in [0.15, 0.2) is 24.5 Å². The number of nitriles is 1. The van der Waals surface area contributed by atoms with Crippen molar-refractivity contribution in [3.63, 3.8) is 0 Å². The highest BCUT2D eigenvalue weighted by atomic mass is 32.2. The number of pyridine rings is 1. The van der Waals surface area contributed by atoms with Crippen LogP contribution in [0.2, 0.25) is 0 Å². The molecule has 0 aliphatic carbocycles. The number of thioether (sulfide) groups is 1. The Labute approximate surface area is 107 Å². The highest BCUT2D eigenvalue weighted by Gasteiger charge is 2.33. The van der Waals surface area contributed by atoms with E-state index in [-0.39, 0.29) is 4.75 Å². The van der Waals surface area contributed by atoms with Crippen LogP contribution in [0.1, 0.15) is 18.4 Å². The Hall–Kier alpha value is -1.05. The summed E-state index contributed by atoms with van der Waals surface area (Å²) in [6, 6.07) is 6.59. The lowest BCUT2D eigenvalue weighted by Gasteiger charge is -2.36. The molecule has 1 saturated heterocycles. The zero-order valence-electron chi connectivity index (χ0n) is 10.1. The molecule has 2 heterocycles. The molecule has 2 rings (SSSR count). The van der Waals surface area contributed by atoms with Crippen molar-refractivity contribution in [1.29, 1.82) is 5.26 Å². The fourth-order valence-electron chi connectivity index (χ4n) is 2.18. The third-order valence-electron chi connectivity index (χ3n) is 3.41. The summed E-state index contributed by atoms with van der Waals surface area (Å²) in [5.41, 5.74) is 1.30. The van der Waals surface area contributed by atoms with E-state index in [1.807, 2.05) is 18.6 Å². The Morgan fingerprint density at radius 1 is 1.41 bits per heavy atom. The van der Waals surface area contributed by atoms with Gasteiger partial charge in [-0.3, -0.25) is 9.88 Å². The molecule has 0 saturated carbocycles. The van der Waals surface area contributed by atoms with Crippen LogP contribution in [-0.4, -0.2) is 34.0 Å². The summed E-state index contributed by atoms with van der Waals surface area (Å²) >= 11 is 1.70. The van der Waals surface area contributed by atoms with E-state index in [9.17, 15) is 5.26 Å². The van der Waals surface area contributed by atoms with E-state index in [1.54, 1.807) is 11.8 Å². The lowest BCUT2D eigenvalue weighted by Crippen LogP contribution is -2.41. The number of rotatable bonds is 3. The summed E-state index contributed by atoms with van der Waals surface area (Å²) in [6.45, 7) is 2.99. The SMILES string of the molecule is CSC1(C#N)CCN(Cc2ccncc2)CC1. The molecule has 0 unspecified atom stereocenters. The van der Waals surface area contributed by atoms with Crippen molar-refractivity contribution in [1.82, 2.24) is 9.88 Å². The fourth-order valence-corrected chi connectivity index (χ4v) is 2.86. The van der Waals surface area contributed by atoms with Crippen LogP contribution in [0.25, 0.3) is 0 Å². The van der Waals surface area contributed by atoms with Gasteiger partial charge in [0.1, 0.15) is 4.75 Å². The average Bonchev–Trinajstić information content (AvgIpc) is 2.41. The second kappa shape index (κ2) is 5.52. The minimum absolute atomic E-state index is 0.144. The maximum Gasteiger partial charge on any atom is 0.104 e. The van der Waals surface area contributed by atoms with Crippen molar-refractivity contribution in [2.24, 2.45) is 0 Å². The van der Waals surface area contributed by atoms with Gasteiger partial charge in [0.2, 0.25) is 0 Å². The summed E-state index contributed by atoms with van der Waals surface area (Å²) in [7, 11) is 0. The fraction of sp³-hybridized carbons (Fsp3) is 0.538. The molecule has 0 bridgehead atoms. The van der Waals surface area contributed by atoms with Crippen molar-refractivity contribution in [3.8, 4) is 6.07 Å². The van der Waals surface area contributed by atoms with Gasteiger partial charge in [-0.15, -0.1) is 11.8 Å². The molecule has 1 aromatic heterocycles. The van der Waals surface area contributed by atoms with E-state index in [4.69, 9.17) is 0 Å². The van der Waals surface area contributed by atoms with E-state index in [1.165, 1.54) is 5.56 Å². The molecule has 17 heavy (non-hydrogen) atoms. The molecule has 0 atom stereocenters. The van der Waals surface area contributed by atoms with E-state index < -0.39 is 0 Å². The van der Waals surface area contributed by atoms with Crippen molar-refractivity contribution >= 4 is 11.8 Å². The smallest absolute Gasteiger partial charge is 0.104 e. The summed E-state index contributed by atoms with van der Waals surface area (Å²) in [5, 5.41) is 9.22. The Kier molecular flexibility index (Phi) is 4.03. The van der Waals surface area contributed by atoms with E-state index in [0.29, 0.717) is 0 Å². The lowest BCUT2D eigenvalue weighted by atomic mass is 9.97. The van der Waals surface area contributed by atoms with Crippen molar-refractivity contribution in [2.75, 3.05) is 19.3 Å². The van der Waals surface area contributed by atoms with Crippen molar-refractivity contribution in [2.45, 2.75) is 24.1 Å². The van der Waals surface area contributed by atoms with Crippen molar-refractivity contribution < 1.29 is 0 Å². The van der Waals surface area contributed by atoms with Crippen LogP contribution in [0.4, 0.5) is 0 Å². The zero-order chi connectivity index (χ0) is 12.1. The Balaban J connectivity index is 1.90. The minimum atomic E-state index is -0.144. The largest absolute Gasteiger partial charge is 0.299 e. The molecule has 1 aromatic rings. The number of nitrogens with zero attached hydrogens (tertiary/aromatic N) is 3. The standard InChI is InChI=1S/C13H17N3S/c1-17-13(11-14)4-8-16(9-5-13)10-12-2-6-15-7-3-12/h2-3,6-7H,4-5,8-10H2,1H3. The van der Waals surface area contributed by atoms with E-state index >= 15 is 0 Å². The third kappa shape index (κ3) is 2.99. The molecule has 0 aromatic carbocycles. The summed E-state index contributed by atoms with van der Waals surface area (Å²) in [6.07, 6.45) is 7.65. The summed E-state index contributed by atoms with van der Waals surface area (Å²) < 4.78 is -0.144. The first kappa shape index (κ1) is 12.4. The molecular weight excluding hydrogens is 230 g/mol. The molecular formula is C13H17N3S. The molecule has 1 aliphatic heterocycles. The molecule has 0 amide bonds. The molecule has 0 N–H and O–H groups in total. The first-order chi connectivity index (χ1) is 8.28. The average molecular weight is 247 g/mol. The van der Waals surface area contributed by atoms with Crippen LogP contribution in [0, 0.1) is 11.3 Å². The van der Waals surface area contributed by atoms with Gasteiger partial charge in [-0.25, -0.2) is 0 Å². The maximum absolute atomic E-state index is 9.22. The molecule has 0 spiro atoms. The normalized spacial score (nSPS) is 19.8. The van der Waals surface area contributed by atoms with Gasteiger partial charge in [0, 0.05) is 32.0 Å². The van der Waals surface area contributed by atoms with Crippen LogP contribution >= 0.6 is 11.8 Å². The number of aromatic nitrogens is 1. The molecule has 90 valence electrons. The van der Waals surface area contributed by atoms with Crippen LogP contribution in [0.3, 0.4) is 0 Å². The number of likely N-dealkylation sites (tertiary alicyclic amines) is 1. The minimum Gasteiger partial charge on any atom is -0.299 e. The predicted molar refractivity (Wildman–Crippen MR) is 70.6 cm³/mol. The molecule has 4 heteroatoms. The summed E-state index contributed by atoms with van der Waals surface area (Å²) in [5.74, 6) is 0. The van der Waals surface area contributed by atoms with Gasteiger partial charge in [-0.05, 0) is 36.8 Å². The van der Waals surface area contributed by atoms with Gasteiger partial charge in [0.05, 0.1) is 6.07 Å². The van der Waals surface area contributed by atoms with E-state index in [0.717, 1.165) is 32.5 Å². The Morgan fingerprint density at radius 3 is 2.59 bits per heavy atom. The van der Waals surface area contributed by atoms with Gasteiger partial charge in [0.25, 0.3) is 0 Å². The topological polar surface area (TPSA) is 39.9 Å².